The zero-order valence-corrected chi connectivity index (χ0v) is 20.4. The van der Waals surface area contributed by atoms with Gasteiger partial charge in [0.25, 0.3) is 0 Å². The van der Waals surface area contributed by atoms with Crippen LogP contribution >= 0.6 is 0 Å². The second-order valence-corrected chi connectivity index (χ2v) is 8.70. The molecular formula is C28H21F3N4O3. The van der Waals surface area contributed by atoms with E-state index in [0.29, 0.717) is 23.0 Å². The van der Waals surface area contributed by atoms with Gasteiger partial charge in [-0.15, -0.1) is 0 Å². The van der Waals surface area contributed by atoms with E-state index in [1.165, 1.54) is 43.1 Å². The molecule has 10 heteroatoms. The van der Waals surface area contributed by atoms with Crippen LogP contribution in [0, 0.1) is 11.3 Å². The van der Waals surface area contributed by atoms with Crippen LogP contribution in [-0.4, -0.2) is 28.0 Å². The van der Waals surface area contributed by atoms with Crippen LogP contribution in [0.2, 0.25) is 0 Å². The molecule has 0 saturated heterocycles. The van der Waals surface area contributed by atoms with Crippen LogP contribution in [0.3, 0.4) is 0 Å². The number of urea groups is 1. The minimum atomic E-state index is -4.64. The van der Waals surface area contributed by atoms with E-state index in [2.05, 4.69) is 4.98 Å². The van der Waals surface area contributed by atoms with Gasteiger partial charge in [-0.3, -0.25) is 14.5 Å². The highest BCUT2D eigenvalue weighted by molar-refractivity contribution is 6.04. The van der Waals surface area contributed by atoms with Crippen LogP contribution in [0.4, 0.5) is 23.7 Å². The first-order chi connectivity index (χ1) is 18.0. The van der Waals surface area contributed by atoms with Gasteiger partial charge in [-0.05, 0) is 55.3 Å². The first-order valence-electron chi connectivity index (χ1n) is 11.4. The monoisotopic (exact) mass is 518 g/mol. The Bertz CT molecular complexity index is 1490. The lowest BCUT2D eigenvalue weighted by atomic mass is 9.90. The molecule has 192 valence electrons. The van der Waals surface area contributed by atoms with Crippen LogP contribution in [0.25, 0.3) is 0 Å². The number of amides is 2. The minimum Gasteiger partial charge on any atom is -0.308 e. The number of pyridine rings is 1. The van der Waals surface area contributed by atoms with Crippen molar-refractivity contribution in [1.82, 2.24) is 9.88 Å². The number of Topliss-reactive ketones (excluding diaryl/α,β-unsaturated/α-hetero) is 1. The number of halogens is 3. The number of aldehydes is 1. The quantitative estimate of drug-likeness (QED) is 0.383. The molecule has 0 fully saturated rings. The molecule has 0 N–H and O–H groups in total. The first kappa shape index (κ1) is 26.3. The Morgan fingerprint density at radius 2 is 1.87 bits per heavy atom. The van der Waals surface area contributed by atoms with Crippen molar-refractivity contribution in [3.8, 4) is 6.07 Å². The van der Waals surface area contributed by atoms with E-state index in [1.807, 2.05) is 6.07 Å². The Labute approximate surface area is 216 Å². The Morgan fingerprint density at radius 3 is 2.47 bits per heavy atom. The van der Waals surface area contributed by atoms with Crippen molar-refractivity contribution in [3.63, 3.8) is 0 Å². The Morgan fingerprint density at radius 1 is 1.13 bits per heavy atom. The van der Waals surface area contributed by atoms with Gasteiger partial charge in [0, 0.05) is 29.6 Å². The van der Waals surface area contributed by atoms with Crippen molar-refractivity contribution < 1.29 is 27.6 Å². The third kappa shape index (κ3) is 5.04. The number of aromatic nitrogens is 1. The average Bonchev–Trinajstić information content (AvgIpc) is 2.89. The number of nitrogens with zero attached hydrogens (tertiary/aromatic N) is 4. The molecule has 1 aliphatic rings. The third-order valence-electron chi connectivity index (χ3n) is 6.21. The fourth-order valence-electron chi connectivity index (χ4n) is 4.53. The number of hydrogen-bond donors (Lipinski definition) is 0. The summed E-state index contributed by atoms with van der Waals surface area (Å²) in [5.74, 6) is -0.395. The summed E-state index contributed by atoms with van der Waals surface area (Å²) in [4.78, 5) is 44.9. The Balaban J connectivity index is 1.93. The van der Waals surface area contributed by atoms with Crippen molar-refractivity contribution in [3.05, 3.63) is 106 Å². The topological polar surface area (TPSA) is 94.4 Å². The molecule has 0 spiro atoms. The summed E-state index contributed by atoms with van der Waals surface area (Å²) in [6.07, 6.45) is -2.59. The second kappa shape index (κ2) is 10.3. The molecule has 1 aromatic heterocycles. The summed E-state index contributed by atoms with van der Waals surface area (Å²) < 4.78 is 40.4. The van der Waals surface area contributed by atoms with Gasteiger partial charge < -0.3 is 4.90 Å². The molecule has 0 bridgehead atoms. The molecule has 3 aromatic rings. The molecule has 0 aliphatic carbocycles. The highest BCUT2D eigenvalue weighted by Gasteiger charge is 2.42. The number of carbonyl (C=O) groups is 3. The van der Waals surface area contributed by atoms with E-state index in [0.717, 1.165) is 17.0 Å². The zero-order chi connectivity index (χ0) is 27.6. The summed E-state index contributed by atoms with van der Waals surface area (Å²) in [7, 11) is 0. The summed E-state index contributed by atoms with van der Waals surface area (Å²) >= 11 is 0. The fourth-order valence-corrected chi connectivity index (χ4v) is 4.53. The Kier molecular flexibility index (Phi) is 7.12. The van der Waals surface area contributed by atoms with E-state index in [4.69, 9.17) is 5.26 Å². The molecule has 1 atom stereocenters. The second-order valence-electron chi connectivity index (χ2n) is 8.70. The van der Waals surface area contributed by atoms with E-state index in [9.17, 15) is 27.6 Å². The number of hydrogen-bond acceptors (Lipinski definition) is 5. The van der Waals surface area contributed by atoms with Crippen molar-refractivity contribution in [1.29, 1.82) is 5.26 Å². The summed E-state index contributed by atoms with van der Waals surface area (Å²) in [5, 5.41) is 9.14. The molecule has 2 aromatic carbocycles. The smallest absolute Gasteiger partial charge is 0.308 e. The van der Waals surface area contributed by atoms with Crippen molar-refractivity contribution >= 4 is 23.8 Å². The Hall–Kier alpha value is -4.78. The zero-order valence-electron chi connectivity index (χ0n) is 20.4. The standard InChI is InChI=1S/C28H21F3N4O3/c1-17-25(18(2)37)26(21-9-10-23(13-32)33-14-21)34(15-19-5-3-6-20(11-19)16-36)27(38)35(17)24-8-4-7-22(12-24)28(29,30)31/h3-12,14,16,26H,15H2,1-2H3. The highest BCUT2D eigenvalue weighted by atomic mass is 19.4. The number of rotatable bonds is 6. The molecular weight excluding hydrogens is 497 g/mol. The maximum Gasteiger partial charge on any atom is 0.416 e. The minimum absolute atomic E-state index is 0.0517. The molecule has 4 rings (SSSR count). The molecule has 2 heterocycles. The van der Waals surface area contributed by atoms with E-state index >= 15 is 0 Å². The van der Waals surface area contributed by atoms with Crippen LogP contribution in [-0.2, 0) is 17.5 Å². The number of anilines is 1. The van der Waals surface area contributed by atoms with Crippen LogP contribution in [0.5, 0.6) is 0 Å². The number of alkyl halides is 3. The van der Waals surface area contributed by atoms with Crippen LogP contribution < -0.4 is 4.90 Å². The van der Waals surface area contributed by atoms with Crippen molar-refractivity contribution in [2.45, 2.75) is 32.6 Å². The van der Waals surface area contributed by atoms with Crippen molar-refractivity contribution in [2.75, 3.05) is 4.90 Å². The van der Waals surface area contributed by atoms with Gasteiger partial charge in [0.15, 0.2) is 5.78 Å². The lowest BCUT2D eigenvalue weighted by Gasteiger charge is -2.43. The van der Waals surface area contributed by atoms with Gasteiger partial charge >= 0.3 is 12.2 Å². The largest absolute Gasteiger partial charge is 0.416 e. The molecule has 7 nitrogen and oxygen atoms in total. The lowest BCUT2D eigenvalue weighted by molar-refractivity contribution is -0.137. The molecule has 1 aliphatic heterocycles. The molecule has 0 radical (unpaired) electrons. The van der Waals surface area contributed by atoms with Gasteiger partial charge in [0.1, 0.15) is 18.0 Å². The summed E-state index contributed by atoms with van der Waals surface area (Å²) in [5.41, 5.74) is 0.883. The number of allylic oxidation sites excluding steroid dienone is 1. The molecule has 1 unspecified atom stereocenters. The van der Waals surface area contributed by atoms with Gasteiger partial charge in [-0.2, -0.15) is 18.4 Å². The predicted octanol–water partition coefficient (Wildman–Crippen LogP) is 5.83. The van der Waals surface area contributed by atoms with E-state index < -0.39 is 29.6 Å². The number of carbonyl (C=O) groups excluding carboxylic acids is 3. The van der Waals surface area contributed by atoms with Crippen molar-refractivity contribution in [2.24, 2.45) is 0 Å². The van der Waals surface area contributed by atoms with Gasteiger partial charge in [0.05, 0.1) is 17.3 Å². The first-order valence-corrected chi connectivity index (χ1v) is 11.4. The van der Waals surface area contributed by atoms with Crippen LogP contribution in [0.15, 0.2) is 78.1 Å². The summed E-state index contributed by atoms with van der Waals surface area (Å²) in [6, 6.07) is 14.2. The normalized spacial score (nSPS) is 15.9. The molecule has 0 saturated carbocycles. The van der Waals surface area contributed by atoms with Gasteiger partial charge in [-0.25, -0.2) is 9.78 Å². The number of benzene rings is 2. The predicted molar refractivity (Wildman–Crippen MR) is 132 cm³/mol. The average molecular weight is 518 g/mol. The molecule has 38 heavy (non-hydrogen) atoms. The van der Waals surface area contributed by atoms with Gasteiger partial charge in [-0.1, -0.05) is 30.3 Å². The number of ketones is 1. The summed E-state index contributed by atoms with van der Waals surface area (Å²) in [6.45, 7) is 2.75. The highest BCUT2D eigenvalue weighted by Crippen LogP contribution is 2.41. The SMILES string of the molecule is CC(=O)C1=C(C)N(c2cccc(C(F)(F)F)c2)C(=O)N(Cc2cccc(C=O)c2)C1c1ccc(C#N)nc1. The van der Waals surface area contributed by atoms with E-state index in [-0.39, 0.29) is 29.2 Å². The maximum atomic E-state index is 14.0. The maximum absolute atomic E-state index is 14.0. The molecule has 2 amide bonds. The van der Waals surface area contributed by atoms with E-state index in [1.54, 1.807) is 30.3 Å². The fraction of sp³-hybridized carbons (Fsp3) is 0.179. The van der Waals surface area contributed by atoms with Gasteiger partial charge in [0.2, 0.25) is 0 Å². The van der Waals surface area contributed by atoms with Crippen LogP contribution in [0.1, 0.15) is 52.6 Å². The number of nitriles is 1. The lowest BCUT2D eigenvalue weighted by Crippen LogP contribution is -2.50. The third-order valence-corrected chi connectivity index (χ3v) is 6.21.